The van der Waals surface area contributed by atoms with E-state index in [-0.39, 0.29) is 11.9 Å². The van der Waals surface area contributed by atoms with Crippen molar-refractivity contribution in [3.8, 4) is 11.6 Å². The lowest BCUT2D eigenvalue weighted by Gasteiger charge is -2.35. The zero-order chi connectivity index (χ0) is 21.2. The summed E-state index contributed by atoms with van der Waals surface area (Å²) in [4.78, 5) is 16.7. The lowest BCUT2D eigenvalue weighted by Crippen LogP contribution is -2.40. The van der Waals surface area contributed by atoms with Crippen LogP contribution in [-0.2, 0) is 11.2 Å². The van der Waals surface area contributed by atoms with Crippen LogP contribution in [0.3, 0.4) is 0 Å². The molecule has 1 fully saturated rings. The zero-order valence-corrected chi connectivity index (χ0v) is 19.5. The number of rotatable bonds is 6. The van der Waals surface area contributed by atoms with Crippen LogP contribution in [0.1, 0.15) is 68.0 Å². The Kier molecular flexibility index (Phi) is 6.18. The SMILES string of the molecule is CCC1c2ccsc2CCN1C(=O)CSc1nnc(-c2ccco2)n1C1CCCCC1. The maximum absolute atomic E-state index is 13.2. The highest BCUT2D eigenvalue weighted by Crippen LogP contribution is 2.38. The number of furan rings is 1. The van der Waals surface area contributed by atoms with Gasteiger partial charge in [-0.05, 0) is 54.8 Å². The first kappa shape index (κ1) is 20.8. The van der Waals surface area contributed by atoms with Gasteiger partial charge in [-0.15, -0.1) is 21.5 Å². The highest BCUT2D eigenvalue weighted by atomic mass is 32.2. The minimum atomic E-state index is 0.187. The Balaban J connectivity index is 1.35. The van der Waals surface area contributed by atoms with Crippen molar-refractivity contribution in [3.05, 3.63) is 40.3 Å². The number of carbonyl (C=O) groups is 1. The number of fused-ring (bicyclic) bond motifs is 1. The van der Waals surface area contributed by atoms with Crippen LogP contribution < -0.4 is 0 Å². The summed E-state index contributed by atoms with van der Waals surface area (Å²) in [5.74, 6) is 2.09. The normalized spacial score (nSPS) is 19.5. The minimum absolute atomic E-state index is 0.187. The van der Waals surface area contributed by atoms with Gasteiger partial charge in [-0.1, -0.05) is 37.9 Å². The first-order chi connectivity index (χ1) is 15.3. The van der Waals surface area contributed by atoms with Crippen molar-refractivity contribution < 1.29 is 9.21 Å². The van der Waals surface area contributed by atoms with Crippen molar-refractivity contribution in [1.82, 2.24) is 19.7 Å². The Hall–Kier alpha value is -2.06. The molecule has 1 aliphatic heterocycles. The van der Waals surface area contributed by atoms with Gasteiger partial charge in [0.25, 0.3) is 0 Å². The molecule has 0 radical (unpaired) electrons. The molecule has 1 atom stereocenters. The highest BCUT2D eigenvalue weighted by Gasteiger charge is 2.31. The Morgan fingerprint density at radius 2 is 2.13 bits per heavy atom. The summed E-state index contributed by atoms with van der Waals surface area (Å²) < 4.78 is 7.86. The average molecular weight is 457 g/mol. The molecule has 6 nitrogen and oxygen atoms in total. The number of aromatic nitrogens is 3. The van der Waals surface area contributed by atoms with Crippen LogP contribution in [0, 0.1) is 0 Å². The first-order valence-corrected chi connectivity index (χ1v) is 13.1. The quantitative estimate of drug-likeness (QED) is 0.443. The van der Waals surface area contributed by atoms with Crippen molar-refractivity contribution in [2.24, 2.45) is 0 Å². The van der Waals surface area contributed by atoms with Crippen LogP contribution in [0.25, 0.3) is 11.6 Å². The van der Waals surface area contributed by atoms with Gasteiger partial charge >= 0.3 is 0 Å². The third-order valence-electron chi connectivity index (χ3n) is 6.47. The third-order valence-corrected chi connectivity index (χ3v) is 8.40. The van der Waals surface area contributed by atoms with Crippen molar-refractivity contribution in [2.45, 2.75) is 69.1 Å². The number of thioether (sulfide) groups is 1. The van der Waals surface area contributed by atoms with Gasteiger partial charge in [-0.3, -0.25) is 9.36 Å². The van der Waals surface area contributed by atoms with E-state index in [2.05, 4.69) is 38.0 Å². The van der Waals surface area contributed by atoms with Crippen LogP contribution in [0.15, 0.2) is 39.4 Å². The number of amides is 1. The van der Waals surface area contributed by atoms with E-state index in [9.17, 15) is 4.79 Å². The number of hydrogen-bond donors (Lipinski definition) is 0. The van der Waals surface area contributed by atoms with Gasteiger partial charge in [0.1, 0.15) is 0 Å². The topological polar surface area (TPSA) is 64.2 Å². The molecule has 0 spiro atoms. The Morgan fingerprint density at radius 3 is 2.90 bits per heavy atom. The second kappa shape index (κ2) is 9.20. The van der Waals surface area contributed by atoms with E-state index in [4.69, 9.17) is 4.42 Å². The van der Waals surface area contributed by atoms with E-state index in [0.717, 1.165) is 49.0 Å². The first-order valence-electron chi connectivity index (χ1n) is 11.2. The Labute approximate surface area is 191 Å². The van der Waals surface area contributed by atoms with Crippen molar-refractivity contribution in [2.75, 3.05) is 12.3 Å². The molecule has 5 rings (SSSR count). The molecule has 1 saturated carbocycles. The Morgan fingerprint density at radius 1 is 1.26 bits per heavy atom. The largest absolute Gasteiger partial charge is 0.461 e. The summed E-state index contributed by atoms with van der Waals surface area (Å²) in [7, 11) is 0. The Bertz CT molecular complexity index is 1020. The van der Waals surface area contributed by atoms with E-state index in [0.29, 0.717) is 11.8 Å². The number of thiophene rings is 1. The molecule has 3 aromatic heterocycles. The van der Waals surface area contributed by atoms with Gasteiger partial charge in [0.2, 0.25) is 11.7 Å². The summed E-state index contributed by atoms with van der Waals surface area (Å²) >= 11 is 3.33. The molecule has 0 aromatic carbocycles. The lowest BCUT2D eigenvalue weighted by molar-refractivity contribution is -0.131. The standard InChI is InChI=1S/C23H28N4O2S2/c1-2-18-17-11-14-30-20(17)10-12-26(18)21(28)15-31-23-25-24-22(19-9-6-13-29-19)27(23)16-7-4-3-5-8-16/h6,9,11,13-14,16,18H,2-5,7-8,10,12,15H2,1H3. The van der Waals surface area contributed by atoms with Crippen LogP contribution in [-0.4, -0.2) is 37.9 Å². The number of hydrogen-bond acceptors (Lipinski definition) is 6. The van der Waals surface area contributed by atoms with Crippen LogP contribution >= 0.6 is 23.1 Å². The smallest absolute Gasteiger partial charge is 0.233 e. The van der Waals surface area contributed by atoms with E-state index < -0.39 is 0 Å². The molecule has 31 heavy (non-hydrogen) atoms. The predicted molar refractivity (Wildman–Crippen MR) is 123 cm³/mol. The van der Waals surface area contributed by atoms with Gasteiger partial charge in [0.15, 0.2) is 10.9 Å². The van der Waals surface area contributed by atoms with Gasteiger partial charge in [0, 0.05) is 17.5 Å². The molecule has 1 amide bonds. The molecule has 8 heteroatoms. The van der Waals surface area contributed by atoms with Crippen molar-refractivity contribution in [3.63, 3.8) is 0 Å². The molecule has 0 N–H and O–H groups in total. The number of carbonyl (C=O) groups excluding carboxylic acids is 1. The van der Waals surface area contributed by atoms with E-state index >= 15 is 0 Å². The summed E-state index contributed by atoms with van der Waals surface area (Å²) in [6.45, 7) is 2.97. The van der Waals surface area contributed by atoms with Crippen LogP contribution in [0.5, 0.6) is 0 Å². The van der Waals surface area contributed by atoms with Crippen LogP contribution in [0.4, 0.5) is 0 Å². The zero-order valence-electron chi connectivity index (χ0n) is 17.8. The molecule has 2 aliphatic rings. The fourth-order valence-corrected chi connectivity index (χ4v) is 6.78. The monoisotopic (exact) mass is 456 g/mol. The molecule has 164 valence electrons. The summed E-state index contributed by atoms with van der Waals surface area (Å²) in [5.41, 5.74) is 1.34. The molecule has 3 aromatic rings. The van der Waals surface area contributed by atoms with Crippen molar-refractivity contribution in [1.29, 1.82) is 0 Å². The highest BCUT2D eigenvalue weighted by molar-refractivity contribution is 7.99. The summed E-state index contributed by atoms with van der Waals surface area (Å²) in [6.07, 6.45) is 9.55. The minimum Gasteiger partial charge on any atom is -0.461 e. The summed E-state index contributed by atoms with van der Waals surface area (Å²) in [6, 6.07) is 6.56. The fourth-order valence-electron chi connectivity index (χ4n) is 4.96. The maximum Gasteiger partial charge on any atom is 0.233 e. The van der Waals surface area contributed by atoms with E-state index in [1.807, 2.05) is 23.5 Å². The van der Waals surface area contributed by atoms with Crippen molar-refractivity contribution >= 4 is 29.0 Å². The molecule has 0 saturated heterocycles. The second-order valence-corrected chi connectivity index (χ2v) is 10.2. The second-order valence-electron chi connectivity index (χ2n) is 8.29. The maximum atomic E-state index is 13.2. The molecular weight excluding hydrogens is 428 g/mol. The molecule has 4 heterocycles. The van der Waals surface area contributed by atoms with Gasteiger partial charge in [-0.2, -0.15) is 0 Å². The van der Waals surface area contributed by atoms with Gasteiger partial charge in [0.05, 0.1) is 18.1 Å². The lowest BCUT2D eigenvalue weighted by atomic mass is 9.95. The predicted octanol–water partition coefficient (Wildman–Crippen LogP) is 5.73. The average Bonchev–Trinajstić information content (AvgIpc) is 3.57. The van der Waals surface area contributed by atoms with Crippen LogP contribution in [0.2, 0.25) is 0 Å². The molecule has 1 aliphatic carbocycles. The number of nitrogens with zero attached hydrogens (tertiary/aromatic N) is 4. The van der Waals surface area contributed by atoms with Gasteiger partial charge in [-0.25, -0.2) is 0 Å². The fraction of sp³-hybridized carbons (Fsp3) is 0.522. The van der Waals surface area contributed by atoms with E-state index in [1.165, 1.54) is 41.5 Å². The third kappa shape index (κ3) is 4.07. The van der Waals surface area contributed by atoms with E-state index in [1.54, 1.807) is 6.26 Å². The summed E-state index contributed by atoms with van der Waals surface area (Å²) in [5, 5.41) is 11.9. The molecule has 0 bridgehead atoms. The molecule has 1 unspecified atom stereocenters. The van der Waals surface area contributed by atoms with Gasteiger partial charge < -0.3 is 9.32 Å². The molecular formula is C23H28N4O2S2.